The Hall–Kier alpha value is -1.09. The molecular formula is C12H11BrO2. The van der Waals surface area contributed by atoms with Crippen molar-refractivity contribution in [2.24, 2.45) is 0 Å². The molecule has 1 heterocycles. The van der Waals surface area contributed by atoms with Crippen LogP contribution in [0.1, 0.15) is 35.4 Å². The highest BCUT2D eigenvalue weighted by Crippen LogP contribution is 2.33. The van der Waals surface area contributed by atoms with Crippen molar-refractivity contribution < 1.29 is 9.53 Å². The molecule has 78 valence electrons. The van der Waals surface area contributed by atoms with Gasteiger partial charge in [0.15, 0.2) is 0 Å². The summed E-state index contributed by atoms with van der Waals surface area (Å²) in [4.78, 5) is 11.5. The van der Waals surface area contributed by atoms with Gasteiger partial charge in [0.25, 0.3) is 0 Å². The molecule has 0 amide bonds. The van der Waals surface area contributed by atoms with Gasteiger partial charge in [-0.25, -0.2) is 4.79 Å². The van der Waals surface area contributed by atoms with Crippen LogP contribution in [0, 0.1) is 0 Å². The van der Waals surface area contributed by atoms with E-state index in [1.165, 1.54) is 0 Å². The van der Waals surface area contributed by atoms with Gasteiger partial charge in [-0.2, -0.15) is 0 Å². The van der Waals surface area contributed by atoms with Gasteiger partial charge in [0.05, 0.1) is 5.56 Å². The van der Waals surface area contributed by atoms with Gasteiger partial charge in [0.2, 0.25) is 0 Å². The molecule has 0 saturated heterocycles. The van der Waals surface area contributed by atoms with Crippen molar-refractivity contribution >= 4 is 21.9 Å². The number of carbonyl (C=O) groups excluding carboxylic acids is 1. The van der Waals surface area contributed by atoms with Gasteiger partial charge >= 0.3 is 5.97 Å². The maximum absolute atomic E-state index is 11.5. The van der Waals surface area contributed by atoms with Crippen LogP contribution in [0.3, 0.4) is 0 Å². The predicted octanol–water partition coefficient (Wildman–Crippen LogP) is 3.63. The number of hydrogen-bond donors (Lipinski definition) is 0. The van der Waals surface area contributed by atoms with Gasteiger partial charge in [-0.3, -0.25) is 0 Å². The molecule has 1 unspecified atom stereocenters. The van der Waals surface area contributed by atoms with Crippen LogP contribution in [0.25, 0.3) is 0 Å². The van der Waals surface area contributed by atoms with Gasteiger partial charge in [-0.1, -0.05) is 35.0 Å². The van der Waals surface area contributed by atoms with Crippen molar-refractivity contribution in [2.75, 3.05) is 0 Å². The zero-order valence-electron chi connectivity index (χ0n) is 8.37. The summed E-state index contributed by atoms with van der Waals surface area (Å²) in [5, 5.41) is 0. The third-order valence-corrected chi connectivity index (χ3v) is 2.82. The lowest BCUT2D eigenvalue weighted by atomic mass is 10.0. The average molecular weight is 267 g/mol. The molecule has 1 atom stereocenters. The van der Waals surface area contributed by atoms with E-state index >= 15 is 0 Å². The van der Waals surface area contributed by atoms with Crippen LogP contribution >= 0.6 is 15.9 Å². The largest absolute Gasteiger partial charge is 0.450 e. The monoisotopic (exact) mass is 266 g/mol. The van der Waals surface area contributed by atoms with E-state index in [1.54, 1.807) is 6.07 Å². The van der Waals surface area contributed by atoms with Crippen LogP contribution in [-0.2, 0) is 4.74 Å². The first kappa shape index (κ1) is 10.4. The van der Waals surface area contributed by atoms with Crippen LogP contribution in [0.15, 0.2) is 34.8 Å². The molecule has 1 aliphatic rings. The zero-order chi connectivity index (χ0) is 10.8. The van der Waals surface area contributed by atoms with E-state index in [9.17, 15) is 4.79 Å². The minimum Gasteiger partial charge on any atom is -0.450 e. The van der Waals surface area contributed by atoms with E-state index < -0.39 is 0 Å². The highest BCUT2D eigenvalue weighted by atomic mass is 79.9. The van der Waals surface area contributed by atoms with Crippen LogP contribution in [0.4, 0.5) is 0 Å². The highest BCUT2D eigenvalue weighted by Gasteiger charge is 2.28. The molecule has 0 aromatic heterocycles. The third kappa shape index (κ3) is 1.97. The Kier molecular flexibility index (Phi) is 2.91. The number of halogens is 1. The molecule has 0 aliphatic carbocycles. The van der Waals surface area contributed by atoms with Crippen LogP contribution in [-0.4, -0.2) is 5.97 Å². The highest BCUT2D eigenvalue weighted by molar-refractivity contribution is 9.10. The fourth-order valence-electron chi connectivity index (χ4n) is 1.60. The molecule has 0 saturated carbocycles. The van der Waals surface area contributed by atoms with Gasteiger partial charge < -0.3 is 4.74 Å². The molecule has 0 bridgehead atoms. The summed E-state index contributed by atoms with van der Waals surface area (Å²) in [6.45, 7) is 2.05. The summed E-state index contributed by atoms with van der Waals surface area (Å²) in [7, 11) is 0. The fourth-order valence-corrected chi connectivity index (χ4v) is 1.96. The lowest BCUT2D eigenvalue weighted by Gasteiger charge is -2.03. The van der Waals surface area contributed by atoms with E-state index in [1.807, 2.05) is 24.3 Å². The molecule has 0 fully saturated rings. The Bertz CT molecular complexity index is 424. The molecule has 2 nitrogen and oxygen atoms in total. The van der Waals surface area contributed by atoms with Crippen LogP contribution in [0.5, 0.6) is 0 Å². The number of fused-ring (bicyclic) bond motifs is 1. The van der Waals surface area contributed by atoms with Crippen molar-refractivity contribution in [1.82, 2.24) is 0 Å². The molecular weight excluding hydrogens is 256 g/mol. The number of cyclic esters (lactones) is 1. The van der Waals surface area contributed by atoms with E-state index in [2.05, 4.69) is 22.9 Å². The van der Waals surface area contributed by atoms with Crippen molar-refractivity contribution in [1.29, 1.82) is 0 Å². The molecule has 0 radical (unpaired) electrons. The molecule has 0 N–H and O–H groups in total. The summed E-state index contributed by atoms with van der Waals surface area (Å²) >= 11 is 3.34. The minimum atomic E-state index is -0.239. The lowest BCUT2D eigenvalue weighted by Crippen LogP contribution is -1.95. The van der Waals surface area contributed by atoms with Gasteiger partial charge in [-0.15, -0.1) is 0 Å². The predicted molar refractivity (Wildman–Crippen MR) is 61.7 cm³/mol. The molecule has 1 aliphatic heterocycles. The number of hydrogen-bond acceptors (Lipinski definition) is 2. The molecule has 3 heteroatoms. The Labute approximate surface area is 97.1 Å². The van der Waals surface area contributed by atoms with Crippen molar-refractivity contribution in [2.45, 2.75) is 19.4 Å². The maximum atomic E-state index is 11.5. The number of esters is 1. The van der Waals surface area contributed by atoms with Crippen LogP contribution < -0.4 is 0 Å². The van der Waals surface area contributed by atoms with E-state index in [4.69, 9.17) is 4.74 Å². The second-order valence-electron chi connectivity index (χ2n) is 3.39. The topological polar surface area (TPSA) is 26.3 Å². The first-order valence-corrected chi connectivity index (χ1v) is 5.68. The summed E-state index contributed by atoms with van der Waals surface area (Å²) in [5.74, 6) is -0.239. The second kappa shape index (κ2) is 4.19. The Morgan fingerprint density at radius 2 is 2.33 bits per heavy atom. The SMILES string of the molecule is CC/C=C\C1OC(=O)c2cc(Br)ccc21. The Morgan fingerprint density at radius 3 is 3.07 bits per heavy atom. The Morgan fingerprint density at radius 1 is 1.53 bits per heavy atom. The number of benzene rings is 1. The third-order valence-electron chi connectivity index (χ3n) is 2.32. The first-order valence-electron chi connectivity index (χ1n) is 4.89. The summed E-state index contributed by atoms with van der Waals surface area (Å²) in [5.41, 5.74) is 1.61. The van der Waals surface area contributed by atoms with Gasteiger partial charge in [0, 0.05) is 10.0 Å². The summed E-state index contributed by atoms with van der Waals surface area (Å²) in [6, 6.07) is 5.65. The lowest BCUT2D eigenvalue weighted by molar-refractivity contribution is 0.0467. The van der Waals surface area contributed by atoms with E-state index in [0.29, 0.717) is 5.56 Å². The smallest absolute Gasteiger partial charge is 0.339 e. The number of rotatable bonds is 2. The summed E-state index contributed by atoms with van der Waals surface area (Å²) in [6.07, 6.45) is 4.67. The number of carbonyl (C=O) groups is 1. The summed E-state index contributed by atoms with van der Waals surface area (Å²) < 4.78 is 6.14. The maximum Gasteiger partial charge on any atom is 0.339 e. The van der Waals surface area contributed by atoms with Crippen molar-refractivity contribution in [3.8, 4) is 0 Å². The zero-order valence-corrected chi connectivity index (χ0v) is 9.95. The average Bonchev–Trinajstić information content (AvgIpc) is 2.53. The van der Waals surface area contributed by atoms with E-state index in [0.717, 1.165) is 16.5 Å². The molecule has 1 aromatic rings. The Balaban J connectivity index is 2.38. The first-order chi connectivity index (χ1) is 7.22. The van der Waals surface area contributed by atoms with Gasteiger partial charge in [0.1, 0.15) is 6.10 Å². The minimum absolute atomic E-state index is 0.208. The van der Waals surface area contributed by atoms with Crippen LogP contribution in [0.2, 0.25) is 0 Å². The van der Waals surface area contributed by atoms with Crippen molar-refractivity contribution in [3.63, 3.8) is 0 Å². The number of ether oxygens (including phenoxy) is 1. The normalized spacial score (nSPS) is 19.3. The van der Waals surface area contributed by atoms with E-state index in [-0.39, 0.29) is 12.1 Å². The quantitative estimate of drug-likeness (QED) is 0.604. The number of allylic oxidation sites excluding steroid dienone is 1. The molecule has 15 heavy (non-hydrogen) atoms. The fraction of sp³-hybridized carbons (Fsp3) is 0.250. The second-order valence-corrected chi connectivity index (χ2v) is 4.31. The van der Waals surface area contributed by atoms with Crippen molar-refractivity contribution in [3.05, 3.63) is 46.0 Å². The van der Waals surface area contributed by atoms with Gasteiger partial charge in [-0.05, 0) is 24.6 Å². The molecule has 1 aromatic carbocycles. The molecule has 0 spiro atoms. The standard InChI is InChI=1S/C12H11BrO2/c1-2-3-4-11-9-6-5-8(13)7-10(9)12(14)15-11/h3-7,11H,2H2,1H3/b4-3-. The molecule has 2 rings (SSSR count).